The van der Waals surface area contributed by atoms with Gasteiger partial charge < -0.3 is 4.74 Å². The topological polar surface area (TPSA) is 47.3 Å². The lowest BCUT2D eigenvalue weighted by Crippen LogP contribution is -2.54. The first-order valence-corrected chi connectivity index (χ1v) is 6.88. The molecule has 0 fully saturated rings. The number of rotatable bonds is 7. The second kappa shape index (κ2) is 7.20. The van der Waals surface area contributed by atoms with Gasteiger partial charge >= 0.3 is 0 Å². The number of benzene rings is 1. The predicted molar refractivity (Wildman–Crippen MR) is 76.5 cm³/mol. The summed E-state index contributed by atoms with van der Waals surface area (Å²) in [6.45, 7) is 6.62. The van der Waals surface area contributed by atoms with Crippen LogP contribution in [0.25, 0.3) is 0 Å². The van der Waals surface area contributed by atoms with E-state index in [1.807, 2.05) is 20.8 Å². The molecule has 0 radical (unpaired) electrons. The molecule has 1 rings (SSSR count). The summed E-state index contributed by atoms with van der Waals surface area (Å²) in [5.41, 5.74) is 3.26. The van der Waals surface area contributed by atoms with Gasteiger partial charge in [0, 0.05) is 11.6 Å². The Balaban J connectivity index is 2.92. The lowest BCUT2D eigenvalue weighted by Gasteiger charge is -2.36. The molecule has 3 N–H and O–H groups in total. The Morgan fingerprint density at radius 1 is 1.47 bits per heavy atom. The fourth-order valence-corrected chi connectivity index (χ4v) is 2.38. The van der Waals surface area contributed by atoms with Gasteiger partial charge in [-0.25, -0.2) is 4.39 Å². The van der Waals surface area contributed by atoms with Crippen LogP contribution in [0, 0.1) is 5.82 Å². The monoisotopic (exact) mass is 288 g/mol. The standard InChI is InChI=1S/C14H22ClFN2O/c1-4-14(3,19-5-2)13(18-17)8-10-6-7-11(16)9-12(10)15/h6-7,9,13,18H,4-5,8,17H2,1-3H3. The summed E-state index contributed by atoms with van der Waals surface area (Å²) < 4.78 is 18.8. The SMILES string of the molecule is CCOC(C)(CC)C(Cc1ccc(F)cc1Cl)NN. The molecular formula is C14H22ClFN2O. The van der Waals surface area contributed by atoms with Crippen molar-refractivity contribution in [2.45, 2.75) is 45.3 Å². The van der Waals surface area contributed by atoms with Crippen molar-refractivity contribution in [1.29, 1.82) is 0 Å². The Morgan fingerprint density at radius 3 is 2.63 bits per heavy atom. The van der Waals surface area contributed by atoms with E-state index in [2.05, 4.69) is 5.43 Å². The second-order valence-electron chi connectivity index (χ2n) is 4.76. The van der Waals surface area contributed by atoms with E-state index in [9.17, 15) is 4.39 Å². The molecule has 0 saturated carbocycles. The highest BCUT2D eigenvalue weighted by molar-refractivity contribution is 6.31. The van der Waals surface area contributed by atoms with Crippen molar-refractivity contribution in [2.75, 3.05) is 6.61 Å². The molecule has 2 atom stereocenters. The molecule has 19 heavy (non-hydrogen) atoms. The van der Waals surface area contributed by atoms with E-state index in [0.29, 0.717) is 18.1 Å². The zero-order chi connectivity index (χ0) is 14.5. The molecule has 0 saturated heterocycles. The Labute approximate surface area is 119 Å². The quantitative estimate of drug-likeness (QED) is 0.599. The van der Waals surface area contributed by atoms with Crippen LogP contribution in [-0.4, -0.2) is 18.2 Å². The Bertz CT molecular complexity index is 416. The summed E-state index contributed by atoms with van der Waals surface area (Å²) in [6, 6.07) is 4.30. The summed E-state index contributed by atoms with van der Waals surface area (Å²) in [5, 5.41) is 0.412. The Hall–Kier alpha value is -0.680. The zero-order valence-corrected chi connectivity index (χ0v) is 12.4. The molecule has 0 aliphatic heterocycles. The second-order valence-corrected chi connectivity index (χ2v) is 5.17. The van der Waals surface area contributed by atoms with Crippen LogP contribution < -0.4 is 11.3 Å². The van der Waals surface area contributed by atoms with Crippen LogP contribution in [0.4, 0.5) is 4.39 Å². The first-order valence-electron chi connectivity index (χ1n) is 6.50. The fraction of sp³-hybridized carbons (Fsp3) is 0.571. The maximum absolute atomic E-state index is 13.0. The van der Waals surface area contributed by atoms with E-state index < -0.39 is 0 Å². The van der Waals surface area contributed by atoms with Gasteiger partial charge in [0.05, 0.1) is 11.6 Å². The maximum Gasteiger partial charge on any atom is 0.124 e. The van der Waals surface area contributed by atoms with Crippen molar-refractivity contribution in [3.8, 4) is 0 Å². The van der Waals surface area contributed by atoms with Gasteiger partial charge in [0.25, 0.3) is 0 Å². The van der Waals surface area contributed by atoms with Crippen molar-refractivity contribution in [3.63, 3.8) is 0 Å². The van der Waals surface area contributed by atoms with Gasteiger partial charge in [-0.05, 0) is 44.4 Å². The van der Waals surface area contributed by atoms with Crippen molar-refractivity contribution in [3.05, 3.63) is 34.6 Å². The van der Waals surface area contributed by atoms with Crippen molar-refractivity contribution in [1.82, 2.24) is 5.43 Å². The Morgan fingerprint density at radius 2 is 2.16 bits per heavy atom. The lowest BCUT2D eigenvalue weighted by molar-refractivity contribution is -0.0550. The lowest BCUT2D eigenvalue weighted by atomic mass is 9.88. The van der Waals surface area contributed by atoms with E-state index in [1.54, 1.807) is 6.07 Å². The van der Waals surface area contributed by atoms with Crippen LogP contribution in [0.2, 0.25) is 5.02 Å². The molecular weight excluding hydrogens is 267 g/mol. The minimum atomic E-state index is -0.388. The number of hydrogen-bond donors (Lipinski definition) is 2. The highest BCUT2D eigenvalue weighted by atomic mass is 35.5. The first-order chi connectivity index (χ1) is 8.96. The van der Waals surface area contributed by atoms with Gasteiger partial charge in [-0.1, -0.05) is 24.6 Å². The van der Waals surface area contributed by atoms with Crippen LogP contribution in [0.15, 0.2) is 18.2 Å². The third-order valence-electron chi connectivity index (χ3n) is 3.55. The van der Waals surface area contributed by atoms with Gasteiger partial charge in [-0.3, -0.25) is 11.3 Å². The van der Waals surface area contributed by atoms with E-state index in [1.165, 1.54) is 12.1 Å². The summed E-state index contributed by atoms with van der Waals surface area (Å²) in [7, 11) is 0. The molecule has 108 valence electrons. The molecule has 5 heteroatoms. The largest absolute Gasteiger partial charge is 0.374 e. The minimum absolute atomic E-state index is 0.0968. The number of nitrogens with one attached hydrogen (secondary N) is 1. The first kappa shape index (κ1) is 16.4. The van der Waals surface area contributed by atoms with Crippen LogP contribution >= 0.6 is 11.6 Å². The summed E-state index contributed by atoms with van der Waals surface area (Å²) in [4.78, 5) is 0. The molecule has 0 amide bonds. The molecule has 0 bridgehead atoms. The molecule has 1 aromatic rings. The highest BCUT2D eigenvalue weighted by Gasteiger charge is 2.33. The fourth-order valence-electron chi connectivity index (χ4n) is 2.14. The minimum Gasteiger partial charge on any atom is -0.374 e. The zero-order valence-electron chi connectivity index (χ0n) is 11.7. The van der Waals surface area contributed by atoms with E-state index >= 15 is 0 Å². The smallest absolute Gasteiger partial charge is 0.124 e. The van der Waals surface area contributed by atoms with Gasteiger partial charge in [0.15, 0.2) is 0 Å². The van der Waals surface area contributed by atoms with Crippen LogP contribution in [-0.2, 0) is 11.2 Å². The third kappa shape index (κ3) is 4.14. The van der Waals surface area contributed by atoms with Gasteiger partial charge in [-0.2, -0.15) is 0 Å². The summed E-state index contributed by atoms with van der Waals surface area (Å²) >= 11 is 6.05. The van der Waals surface area contributed by atoms with E-state index in [-0.39, 0.29) is 17.5 Å². The third-order valence-corrected chi connectivity index (χ3v) is 3.91. The average Bonchev–Trinajstić information content (AvgIpc) is 2.38. The van der Waals surface area contributed by atoms with E-state index in [4.69, 9.17) is 22.2 Å². The van der Waals surface area contributed by atoms with Crippen LogP contribution in [0.5, 0.6) is 0 Å². The number of hydrogen-bond acceptors (Lipinski definition) is 3. The normalized spacial score (nSPS) is 16.1. The maximum atomic E-state index is 13.0. The number of hydrazine groups is 1. The highest BCUT2D eigenvalue weighted by Crippen LogP contribution is 2.26. The summed E-state index contributed by atoms with van der Waals surface area (Å²) in [5.74, 6) is 5.31. The molecule has 0 spiro atoms. The van der Waals surface area contributed by atoms with Gasteiger partial charge in [0.2, 0.25) is 0 Å². The molecule has 1 aromatic carbocycles. The molecule has 3 nitrogen and oxygen atoms in total. The predicted octanol–water partition coefficient (Wildman–Crippen LogP) is 3.06. The number of nitrogens with two attached hydrogens (primary N) is 1. The molecule has 0 aliphatic carbocycles. The summed E-state index contributed by atoms with van der Waals surface area (Å²) in [6.07, 6.45) is 1.40. The van der Waals surface area contributed by atoms with E-state index in [0.717, 1.165) is 12.0 Å². The molecule has 0 aliphatic rings. The van der Waals surface area contributed by atoms with Crippen molar-refractivity contribution >= 4 is 11.6 Å². The van der Waals surface area contributed by atoms with Crippen molar-refractivity contribution < 1.29 is 9.13 Å². The average molecular weight is 289 g/mol. The molecule has 0 aromatic heterocycles. The number of ether oxygens (including phenoxy) is 1. The van der Waals surface area contributed by atoms with Crippen LogP contribution in [0.3, 0.4) is 0 Å². The van der Waals surface area contributed by atoms with Gasteiger partial charge in [0.1, 0.15) is 5.82 Å². The Kier molecular flexibility index (Phi) is 6.20. The molecule has 2 unspecified atom stereocenters. The van der Waals surface area contributed by atoms with Crippen LogP contribution in [0.1, 0.15) is 32.8 Å². The van der Waals surface area contributed by atoms with Gasteiger partial charge in [-0.15, -0.1) is 0 Å². The number of halogens is 2. The van der Waals surface area contributed by atoms with Crippen molar-refractivity contribution in [2.24, 2.45) is 5.84 Å². The molecule has 0 heterocycles.